The van der Waals surface area contributed by atoms with Crippen LogP contribution in [0, 0.1) is 0 Å². The van der Waals surface area contributed by atoms with Crippen molar-refractivity contribution in [3.63, 3.8) is 0 Å². The van der Waals surface area contributed by atoms with E-state index < -0.39 is 4.25 Å². The summed E-state index contributed by atoms with van der Waals surface area (Å²) in [5.41, 5.74) is 2.53. The molecule has 0 aliphatic heterocycles. The quantitative estimate of drug-likeness (QED) is 0.521. The summed E-state index contributed by atoms with van der Waals surface area (Å²) in [6, 6.07) is 0. The summed E-state index contributed by atoms with van der Waals surface area (Å²) in [7, 11) is 0. The fourth-order valence-corrected chi connectivity index (χ4v) is 5.37. The average molecular weight is 302 g/mol. The molecule has 0 saturated heterocycles. The van der Waals surface area contributed by atoms with Crippen molar-refractivity contribution in [2.24, 2.45) is 0 Å². The van der Waals surface area contributed by atoms with Crippen molar-refractivity contribution in [1.29, 1.82) is 0 Å². The van der Waals surface area contributed by atoms with Gasteiger partial charge in [-0.3, -0.25) is 0 Å². The van der Waals surface area contributed by atoms with E-state index in [1.165, 1.54) is 0 Å². The van der Waals surface area contributed by atoms with Crippen molar-refractivity contribution in [2.75, 3.05) is 6.66 Å². The summed E-state index contributed by atoms with van der Waals surface area (Å²) in [5, 5.41) is 0. The van der Waals surface area contributed by atoms with Gasteiger partial charge >= 0.3 is 91.5 Å². The van der Waals surface area contributed by atoms with Gasteiger partial charge in [-0.2, -0.15) is 0 Å². The fraction of sp³-hybridized carbons (Fsp3) is 1.00. The van der Waals surface area contributed by atoms with Gasteiger partial charge in [0.05, 0.1) is 0 Å². The van der Waals surface area contributed by atoms with Gasteiger partial charge in [0, 0.05) is 0 Å². The van der Waals surface area contributed by atoms with Crippen LogP contribution in [-0.2, 0) is 0 Å². The van der Waals surface area contributed by atoms with Crippen molar-refractivity contribution in [3.05, 3.63) is 0 Å². The monoisotopic (exact) mass is 302 g/mol. The second-order valence-corrected chi connectivity index (χ2v) is 19.3. The SMILES string of the molecule is CC(C)P(C)(I)(C(C)C)C(C)C. The van der Waals surface area contributed by atoms with Crippen LogP contribution in [0.15, 0.2) is 0 Å². The van der Waals surface area contributed by atoms with Crippen LogP contribution >= 0.6 is 26.3 Å². The molecule has 0 aromatic heterocycles. The van der Waals surface area contributed by atoms with Crippen molar-refractivity contribution in [1.82, 2.24) is 0 Å². The van der Waals surface area contributed by atoms with Crippen LogP contribution < -0.4 is 0 Å². The van der Waals surface area contributed by atoms with Gasteiger partial charge in [0.25, 0.3) is 0 Å². The molecule has 0 aliphatic rings. The molecule has 76 valence electrons. The Morgan fingerprint density at radius 2 is 0.917 bits per heavy atom. The molecule has 0 spiro atoms. The van der Waals surface area contributed by atoms with Gasteiger partial charge in [-0.25, -0.2) is 0 Å². The number of halogens is 1. The van der Waals surface area contributed by atoms with Gasteiger partial charge in [-0.1, -0.05) is 0 Å². The summed E-state index contributed by atoms with van der Waals surface area (Å²) in [6.07, 6.45) is 0. The second-order valence-electron chi connectivity index (χ2n) is 4.96. The Bertz CT molecular complexity index is 131. The topological polar surface area (TPSA) is 0 Å². The molecule has 0 unspecified atom stereocenters. The Balaban J connectivity index is 5.09. The van der Waals surface area contributed by atoms with E-state index in [-0.39, 0.29) is 0 Å². The van der Waals surface area contributed by atoms with Crippen LogP contribution in [0.25, 0.3) is 0 Å². The molecule has 0 heterocycles. The van der Waals surface area contributed by atoms with E-state index in [0.29, 0.717) is 0 Å². The first-order valence-corrected chi connectivity index (χ1v) is 10.5. The summed E-state index contributed by atoms with van der Waals surface area (Å²) >= 11 is 2.81. The van der Waals surface area contributed by atoms with Crippen molar-refractivity contribution < 1.29 is 0 Å². The molecule has 0 atom stereocenters. The van der Waals surface area contributed by atoms with Crippen LogP contribution in [0.5, 0.6) is 0 Å². The molecule has 0 rings (SSSR count). The molecule has 2 heteroatoms. The third-order valence-corrected chi connectivity index (χ3v) is 21.8. The summed E-state index contributed by atoms with van der Waals surface area (Å²) < 4.78 is -1.48. The molecule has 0 aromatic carbocycles. The summed E-state index contributed by atoms with van der Waals surface area (Å²) in [6.45, 7) is 16.9. The Morgan fingerprint density at radius 1 is 0.750 bits per heavy atom. The molecule has 0 amide bonds. The van der Waals surface area contributed by atoms with Crippen LogP contribution in [0.4, 0.5) is 0 Å². The third kappa shape index (κ3) is 1.82. The number of hydrogen-bond donors (Lipinski definition) is 0. The molecular weight excluding hydrogens is 278 g/mol. The van der Waals surface area contributed by atoms with Crippen LogP contribution in [-0.4, -0.2) is 23.6 Å². The zero-order valence-electron chi connectivity index (χ0n) is 9.56. The molecule has 0 nitrogen and oxygen atoms in total. The van der Waals surface area contributed by atoms with E-state index in [2.05, 4.69) is 70.2 Å². The van der Waals surface area contributed by atoms with Crippen LogP contribution in [0.2, 0.25) is 0 Å². The Hall–Kier alpha value is 1.16. The van der Waals surface area contributed by atoms with Gasteiger partial charge in [0.15, 0.2) is 0 Å². The minimum absolute atomic E-state index is 0.844. The van der Waals surface area contributed by atoms with Gasteiger partial charge < -0.3 is 0 Å². The molecule has 0 aliphatic carbocycles. The first-order valence-electron chi connectivity index (χ1n) is 4.85. The minimum atomic E-state index is -1.48. The Labute approximate surface area is 91.3 Å². The maximum absolute atomic E-state index is 2.81. The first kappa shape index (κ1) is 13.2. The van der Waals surface area contributed by atoms with Crippen molar-refractivity contribution >= 4 is 26.3 Å². The van der Waals surface area contributed by atoms with Gasteiger partial charge in [0.1, 0.15) is 0 Å². The van der Waals surface area contributed by atoms with Crippen LogP contribution in [0.1, 0.15) is 41.5 Å². The molecule has 0 aromatic rings. The molecule has 0 N–H and O–H groups in total. The Kier molecular flexibility index (Phi) is 4.09. The summed E-state index contributed by atoms with van der Waals surface area (Å²) in [4.78, 5) is 0. The molecule has 0 radical (unpaired) electrons. The van der Waals surface area contributed by atoms with Gasteiger partial charge in [0.2, 0.25) is 0 Å². The van der Waals surface area contributed by atoms with Crippen molar-refractivity contribution in [2.45, 2.75) is 58.5 Å². The van der Waals surface area contributed by atoms with Crippen molar-refractivity contribution in [3.8, 4) is 0 Å². The predicted octanol–water partition coefficient (Wildman–Crippen LogP) is 4.74. The molecule has 0 saturated carbocycles. The molecule has 12 heavy (non-hydrogen) atoms. The van der Waals surface area contributed by atoms with Crippen LogP contribution in [0.3, 0.4) is 0 Å². The molecule has 0 bridgehead atoms. The number of hydrogen-bond acceptors (Lipinski definition) is 0. The van der Waals surface area contributed by atoms with Gasteiger partial charge in [-0.05, 0) is 0 Å². The third-order valence-electron chi connectivity index (χ3n) is 3.92. The van der Waals surface area contributed by atoms with E-state index in [4.69, 9.17) is 0 Å². The predicted molar refractivity (Wildman–Crippen MR) is 72.3 cm³/mol. The zero-order chi connectivity index (χ0) is 10.2. The summed E-state index contributed by atoms with van der Waals surface area (Å²) in [5.74, 6) is 0. The number of rotatable bonds is 3. The zero-order valence-corrected chi connectivity index (χ0v) is 12.6. The van der Waals surface area contributed by atoms with E-state index in [1.807, 2.05) is 0 Å². The maximum atomic E-state index is 2.81. The molecule has 0 fully saturated rings. The van der Waals surface area contributed by atoms with E-state index >= 15 is 0 Å². The second kappa shape index (κ2) is 3.73. The Morgan fingerprint density at radius 3 is 0.917 bits per heavy atom. The van der Waals surface area contributed by atoms with Gasteiger partial charge in [-0.15, -0.1) is 0 Å². The fourth-order valence-electron chi connectivity index (χ4n) is 1.79. The van der Waals surface area contributed by atoms with E-state index in [9.17, 15) is 0 Å². The van der Waals surface area contributed by atoms with E-state index in [1.54, 1.807) is 0 Å². The standard InChI is InChI=1S/C10H24IP/c1-8(2)12(7,11,9(3)4)10(5)6/h8-10H,1-7H3. The van der Waals surface area contributed by atoms with E-state index in [0.717, 1.165) is 17.0 Å². The first-order chi connectivity index (χ1) is 5.13. The molecular formula is C10H24IP. The normalized spacial score (nSPS) is 17.1. The average Bonchev–Trinajstić information content (AvgIpc) is 1.86.